The molecule has 3 N–H and O–H groups in total. The Labute approximate surface area is 117 Å². The van der Waals surface area contributed by atoms with Crippen LogP contribution in [0.4, 0.5) is 0 Å². The third kappa shape index (κ3) is 9.33. The fraction of sp³-hybridized carbons (Fsp3) is 0.857. The number of carbonyl (C=O) groups excluding carboxylic acids is 1. The van der Waals surface area contributed by atoms with Crippen molar-refractivity contribution in [2.45, 2.75) is 60.0 Å². The van der Waals surface area contributed by atoms with Crippen LogP contribution in [0.1, 0.15) is 48.0 Å². The highest BCUT2D eigenvalue weighted by Crippen LogP contribution is 1.99. The number of carbonyl (C=O) groups is 1. The molecule has 1 atom stereocenters. The first-order chi connectivity index (χ1) is 8.86. The van der Waals surface area contributed by atoms with Gasteiger partial charge in [0.25, 0.3) is 0 Å². The molecule has 0 aliphatic carbocycles. The van der Waals surface area contributed by atoms with Gasteiger partial charge < -0.3 is 16.0 Å². The quantitative estimate of drug-likeness (QED) is 0.485. The summed E-state index contributed by atoms with van der Waals surface area (Å²) in [6, 6.07) is 0.533. The van der Waals surface area contributed by atoms with E-state index in [1.807, 2.05) is 20.8 Å². The number of aliphatic imine (C=N–C) groups is 1. The van der Waals surface area contributed by atoms with Crippen molar-refractivity contribution in [3.63, 3.8) is 0 Å². The number of hydrogen-bond donors (Lipinski definition) is 3. The van der Waals surface area contributed by atoms with Gasteiger partial charge in [0.1, 0.15) is 0 Å². The van der Waals surface area contributed by atoms with Gasteiger partial charge in [0.2, 0.25) is 5.91 Å². The minimum absolute atomic E-state index is 0.0477. The zero-order valence-electron chi connectivity index (χ0n) is 13.2. The van der Waals surface area contributed by atoms with Crippen LogP contribution in [0.2, 0.25) is 0 Å². The minimum atomic E-state index is 0.0477. The van der Waals surface area contributed by atoms with Crippen molar-refractivity contribution in [2.24, 2.45) is 10.9 Å². The van der Waals surface area contributed by atoms with Crippen molar-refractivity contribution in [2.75, 3.05) is 13.1 Å². The zero-order chi connectivity index (χ0) is 14.8. The fourth-order valence-electron chi connectivity index (χ4n) is 1.37. The van der Waals surface area contributed by atoms with Crippen LogP contribution >= 0.6 is 0 Å². The van der Waals surface area contributed by atoms with Crippen LogP contribution in [0.25, 0.3) is 0 Å². The molecule has 1 unspecified atom stereocenters. The third-order valence-electron chi connectivity index (χ3n) is 2.77. The molecule has 0 bridgehead atoms. The van der Waals surface area contributed by atoms with E-state index in [0.717, 1.165) is 12.5 Å². The Kier molecular flexibility index (Phi) is 9.00. The first-order valence-corrected chi connectivity index (χ1v) is 7.21. The smallest absolute Gasteiger partial charge is 0.222 e. The molecule has 5 nitrogen and oxygen atoms in total. The second kappa shape index (κ2) is 9.64. The summed E-state index contributed by atoms with van der Waals surface area (Å²) in [7, 11) is 0. The van der Waals surface area contributed by atoms with E-state index in [2.05, 4.69) is 41.7 Å². The van der Waals surface area contributed by atoms with Crippen LogP contribution in [0.3, 0.4) is 0 Å². The monoisotopic (exact) mass is 270 g/mol. The summed E-state index contributed by atoms with van der Waals surface area (Å²) in [4.78, 5) is 15.9. The van der Waals surface area contributed by atoms with Gasteiger partial charge in [0.05, 0.1) is 6.54 Å². The predicted octanol–water partition coefficient (Wildman–Crippen LogP) is 1.50. The fourth-order valence-corrected chi connectivity index (χ4v) is 1.37. The highest BCUT2D eigenvalue weighted by molar-refractivity contribution is 5.81. The summed E-state index contributed by atoms with van der Waals surface area (Å²) in [6.45, 7) is 13.7. The van der Waals surface area contributed by atoms with Gasteiger partial charge in [-0.2, -0.15) is 0 Å². The average molecular weight is 270 g/mol. The first kappa shape index (κ1) is 17.7. The summed E-state index contributed by atoms with van der Waals surface area (Å²) in [5, 5.41) is 9.39. The molecule has 5 heteroatoms. The van der Waals surface area contributed by atoms with E-state index < -0.39 is 0 Å². The molecule has 0 aromatic heterocycles. The lowest BCUT2D eigenvalue weighted by Crippen LogP contribution is -2.44. The second-order valence-electron chi connectivity index (χ2n) is 5.41. The number of rotatable bonds is 7. The maximum atomic E-state index is 11.5. The van der Waals surface area contributed by atoms with Gasteiger partial charge in [-0.3, -0.25) is 9.79 Å². The van der Waals surface area contributed by atoms with E-state index in [1.165, 1.54) is 0 Å². The summed E-state index contributed by atoms with van der Waals surface area (Å²) < 4.78 is 0. The van der Waals surface area contributed by atoms with E-state index in [-0.39, 0.29) is 11.9 Å². The molecule has 0 aromatic carbocycles. The summed E-state index contributed by atoms with van der Waals surface area (Å²) in [5.74, 6) is 1.36. The summed E-state index contributed by atoms with van der Waals surface area (Å²) in [6.07, 6.45) is 0.421. The molecule has 0 fully saturated rings. The van der Waals surface area contributed by atoms with Crippen LogP contribution in [0, 0.1) is 5.92 Å². The van der Waals surface area contributed by atoms with Gasteiger partial charge in [0, 0.05) is 25.0 Å². The Morgan fingerprint density at radius 3 is 2.21 bits per heavy atom. The molecule has 112 valence electrons. The molecule has 0 saturated heterocycles. The van der Waals surface area contributed by atoms with Crippen LogP contribution in [0.15, 0.2) is 4.99 Å². The number of nitrogens with one attached hydrogen (secondary N) is 3. The van der Waals surface area contributed by atoms with Crippen molar-refractivity contribution >= 4 is 11.9 Å². The van der Waals surface area contributed by atoms with Gasteiger partial charge in [0.15, 0.2) is 5.96 Å². The highest BCUT2D eigenvalue weighted by atomic mass is 16.1. The van der Waals surface area contributed by atoms with Crippen LogP contribution in [-0.2, 0) is 4.79 Å². The third-order valence-corrected chi connectivity index (χ3v) is 2.77. The Balaban J connectivity index is 4.22. The Bertz CT molecular complexity index is 287. The lowest BCUT2D eigenvalue weighted by Gasteiger charge is -2.20. The van der Waals surface area contributed by atoms with E-state index in [1.54, 1.807) is 0 Å². The van der Waals surface area contributed by atoms with Crippen LogP contribution in [0.5, 0.6) is 0 Å². The average Bonchev–Trinajstić information content (AvgIpc) is 2.27. The molecule has 1 amide bonds. The standard InChI is InChI=1S/C14H30N4O/c1-7-15-14(18-12(6)10(2)3)16-9-8-13(19)17-11(4)5/h10-12H,7-9H2,1-6H3,(H,17,19)(H2,15,16,18). The molecule has 0 rings (SSSR count). The van der Waals surface area contributed by atoms with Crippen molar-refractivity contribution < 1.29 is 4.79 Å². The Morgan fingerprint density at radius 2 is 1.74 bits per heavy atom. The highest BCUT2D eigenvalue weighted by Gasteiger charge is 2.09. The molecule has 0 spiro atoms. The number of guanidine groups is 1. The van der Waals surface area contributed by atoms with Crippen LogP contribution in [-0.4, -0.2) is 37.0 Å². The molecule has 19 heavy (non-hydrogen) atoms. The lowest BCUT2D eigenvalue weighted by molar-refractivity contribution is -0.121. The first-order valence-electron chi connectivity index (χ1n) is 7.21. The molecular formula is C14H30N4O. The molecule has 0 heterocycles. The number of hydrogen-bond acceptors (Lipinski definition) is 2. The largest absolute Gasteiger partial charge is 0.357 e. The van der Waals surface area contributed by atoms with Gasteiger partial charge in [-0.15, -0.1) is 0 Å². The SMILES string of the molecule is CCNC(=NCCC(=O)NC(C)C)NC(C)C(C)C. The zero-order valence-corrected chi connectivity index (χ0v) is 13.2. The molecule has 0 saturated carbocycles. The number of amides is 1. The lowest BCUT2D eigenvalue weighted by atomic mass is 10.1. The van der Waals surface area contributed by atoms with E-state index >= 15 is 0 Å². The minimum Gasteiger partial charge on any atom is -0.357 e. The Hall–Kier alpha value is -1.26. The summed E-state index contributed by atoms with van der Waals surface area (Å²) >= 11 is 0. The summed E-state index contributed by atoms with van der Waals surface area (Å²) in [5.41, 5.74) is 0. The van der Waals surface area contributed by atoms with E-state index in [0.29, 0.717) is 24.9 Å². The van der Waals surface area contributed by atoms with Crippen molar-refractivity contribution in [3.05, 3.63) is 0 Å². The predicted molar refractivity (Wildman–Crippen MR) is 81.3 cm³/mol. The maximum Gasteiger partial charge on any atom is 0.222 e. The van der Waals surface area contributed by atoms with Crippen molar-refractivity contribution in [3.8, 4) is 0 Å². The number of nitrogens with zero attached hydrogens (tertiary/aromatic N) is 1. The maximum absolute atomic E-state index is 11.5. The van der Waals surface area contributed by atoms with E-state index in [9.17, 15) is 4.79 Å². The molecule has 0 aromatic rings. The van der Waals surface area contributed by atoms with Crippen molar-refractivity contribution in [1.82, 2.24) is 16.0 Å². The van der Waals surface area contributed by atoms with Gasteiger partial charge >= 0.3 is 0 Å². The molecule has 0 radical (unpaired) electrons. The van der Waals surface area contributed by atoms with Gasteiger partial charge in [-0.25, -0.2) is 0 Å². The van der Waals surface area contributed by atoms with Crippen LogP contribution < -0.4 is 16.0 Å². The van der Waals surface area contributed by atoms with E-state index in [4.69, 9.17) is 0 Å². The van der Waals surface area contributed by atoms with Gasteiger partial charge in [-0.1, -0.05) is 13.8 Å². The second-order valence-corrected chi connectivity index (χ2v) is 5.41. The Morgan fingerprint density at radius 1 is 1.11 bits per heavy atom. The molecular weight excluding hydrogens is 240 g/mol. The van der Waals surface area contributed by atoms with Crippen molar-refractivity contribution in [1.29, 1.82) is 0 Å². The normalized spacial score (nSPS) is 13.6. The molecule has 0 aliphatic heterocycles. The molecule has 0 aliphatic rings. The van der Waals surface area contributed by atoms with Gasteiger partial charge in [-0.05, 0) is 33.6 Å². The topological polar surface area (TPSA) is 65.5 Å².